The molecule has 2 saturated heterocycles. The molecule has 0 atom stereocenters. The molecular formula is C21H29BrN2O5S. The summed E-state index contributed by atoms with van der Waals surface area (Å²) in [6.45, 7) is 4.02. The SMILES string of the molecule is CCOC(=O)C1CCN(C(=O)C2CCN(S(=O)(=O)Cc3cccc(Br)c3)CC2)CC1. The minimum atomic E-state index is -3.41. The van der Waals surface area contributed by atoms with Crippen LogP contribution in [-0.2, 0) is 30.1 Å². The van der Waals surface area contributed by atoms with Gasteiger partial charge in [0.2, 0.25) is 15.9 Å². The van der Waals surface area contributed by atoms with Crippen LogP contribution in [-0.4, -0.2) is 62.3 Å². The van der Waals surface area contributed by atoms with Crippen molar-refractivity contribution in [1.29, 1.82) is 0 Å². The second-order valence-corrected chi connectivity index (χ2v) is 10.8. The lowest BCUT2D eigenvalue weighted by Crippen LogP contribution is -2.47. The van der Waals surface area contributed by atoms with Crippen LogP contribution in [0.5, 0.6) is 0 Å². The first kappa shape index (κ1) is 23.2. The van der Waals surface area contributed by atoms with Crippen LogP contribution in [0.2, 0.25) is 0 Å². The van der Waals surface area contributed by atoms with Crippen LogP contribution in [0.4, 0.5) is 0 Å². The summed E-state index contributed by atoms with van der Waals surface area (Å²) in [4.78, 5) is 26.6. The van der Waals surface area contributed by atoms with Crippen molar-refractivity contribution in [3.63, 3.8) is 0 Å². The van der Waals surface area contributed by atoms with Gasteiger partial charge in [-0.15, -0.1) is 0 Å². The molecule has 1 amide bonds. The molecule has 0 saturated carbocycles. The van der Waals surface area contributed by atoms with Gasteiger partial charge in [0.05, 0.1) is 18.3 Å². The average molecular weight is 501 g/mol. The van der Waals surface area contributed by atoms with Gasteiger partial charge in [-0.25, -0.2) is 12.7 Å². The molecule has 2 aliphatic heterocycles. The number of carbonyl (C=O) groups excluding carboxylic acids is 2. The third-order valence-corrected chi connectivity index (χ3v) is 8.20. The van der Waals surface area contributed by atoms with Crippen molar-refractivity contribution in [2.75, 3.05) is 32.8 Å². The van der Waals surface area contributed by atoms with E-state index in [0.29, 0.717) is 58.5 Å². The number of benzene rings is 1. The molecule has 1 aromatic rings. The van der Waals surface area contributed by atoms with Crippen molar-refractivity contribution < 1.29 is 22.7 Å². The number of esters is 1. The van der Waals surface area contributed by atoms with Gasteiger partial charge in [-0.2, -0.15) is 0 Å². The van der Waals surface area contributed by atoms with Gasteiger partial charge in [0, 0.05) is 36.6 Å². The highest BCUT2D eigenvalue weighted by atomic mass is 79.9. The Morgan fingerprint density at radius 1 is 1.07 bits per heavy atom. The topological polar surface area (TPSA) is 84.0 Å². The minimum absolute atomic E-state index is 0.0353. The molecule has 1 aromatic carbocycles. The molecule has 0 radical (unpaired) electrons. The lowest BCUT2D eigenvalue weighted by atomic mass is 9.92. The second kappa shape index (κ2) is 10.2. The molecule has 9 heteroatoms. The molecular weight excluding hydrogens is 472 g/mol. The highest BCUT2D eigenvalue weighted by Gasteiger charge is 2.35. The molecule has 0 spiro atoms. The zero-order valence-electron chi connectivity index (χ0n) is 17.3. The number of hydrogen-bond acceptors (Lipinski definition) is 5. The molecule has 0 N–H and O–H groups in total. The van der Waals surface area contributed by atoms with E-state index in [0.717, 1.165) is 10.0 Å². The van der Waals surface area contributed by atoms with Crippen molar-refractivity contribution >= 4 is 37.8 Å². The molecule has 2 heterocycles. The average Bonchev–Trinajstić information content (AvgIpc) is 2.73. The standard InChI is InChI=1S/C21H29BrN2O5S/c1-2-29-21(26)18-6-10-23(11-7-18)20(25)17-8-12-24(13-9-17)30(27,28)15-16-4-3-5-19(22)14-16/h3-5,14,17-18H,2,6-13,15H2,1H3. The Labute approximate surface area is 186 Å². The van der Waals surface area contributed by atoms with E-state index in [9.17, 15) is 18.0 Å². The van der Waals surface area contributed by atoms with Gasteiger partial charge < -0.3 is 9.64 Å². The number of halogens is 1. The number of nitrogens with zero attached hydrogens (tertiary/aromatic N) is 2. The molecule has 166 valence electrons. The monoisotopic (exact) mass is 500 g/mol. The van der Waals surface area contributed by atoms with E-state index >= 15 is 0 Å². The van der Waals surface area contributed by atoms with E-state index in [-0.39, 0.29) is 29.5 Å². The van der Waals surface area contributed by atoms with E-state index in [1.807, 2.05) is 23.1 Å². The fourth-order valence-electron chi connectivity index (χ4n) is 4.16. The third-order valence-electron chi connectivity index (χ3n) is 5.86. The van der Waals surface area contributed by atoms with E-state index in [1.165, 1.54) is 4.31 Å². The van der Waals surface area contributed by atoms with Gasteiger partial charge in [0.1, 0.15) is 0 Å². The zero-order valence-corrected chi connectivity index (χ0v) is 19.7. The van der Waals surface area contributed by atoms with Crippen molar-refractivity contribution in [2.45, 2.75) is 38.4 Å². The first-order valence-corrected chi connectivity index (χ1v) is 12.9. The van der Waals surface area contributed by atoms with Gasteiger partial charge in [-0.1, -0.05) is 28.1 Å². The summed E-state index contributed by atoms with van der Waals surface area (Å²) < 4.78 is 33.0. The second-order valence-electron chi connectivity index (χ2n) is 7.91. The summed E-state index contributed by atoms with van der Waals surface area (Å²) >= 11 is 3.37. The van der Waals surface area contributed by atoms with Crippen LogP contribution >= 0.6 is 15.9 Å². The van der Waals surface area contributed by atoms with Gasteiger partial charge in [-0.3, -0.25) is 9.59 Å². The lowest BCUT2D eigenvalue weighted by Gasteiger charge is -2.36. The molecule has 30 heavy (non-hydrogen) atoms. The smallest absolute Gasteiger partial charge is 0.309 e. The molecule has 0 bridgehead atoms. The highest BCUT2D eigenvalue weighted by molar-refractivity contribution is 9.10. The number of piperidine rings is 2. The minimum Gasteiger partial charge on any atom is -0.466 e. The predicted octanol–water partition coefficient (Wildman–Crippen LogP) is 2.79. The molecule has 0 unspecified atom stereocenters. The number of sulfonamides is 1. The first-order chi connectivity index (χ1) is 14.3. The third kappa shape index (κ3) is 5.82. The fraction of sp³-hybridized carbons (Fsp3) is 0.619. The van der Waals surface area contributed by atoms with E-state index in [4.69, 9.17) is 4.74 Å². The largest absolute Gasteiger partial charge is 0.466 e. The number of hydrogen-bond donors (Lipinski definition) is 0. The summed E-state index contributed by atoms with van der Waals surface area (Å²) in [6, 6.07) is 7.31. The summed E-state index contributed by atoms with van der Waals surface area (Å²) in [6.07, 6.45) is 2.33. The molecule has 0 aromatic heterocycles. The Morgan fingerprint density at radius 3 is 2.30 bits per heavy atom. The maximum atomic E-state index is 12.9. The Hall–Kier alpha value is -1.45. The maximum absolute atomic E-state index is 12.9. The van der Waals surface area contributed by atoms with Crippen molar-refractivity contribution in [3.8, 4) is 0 Å². The summed E-state index contributed by atoms with van der Waals surface area (Å²) in [5.41, 5.74) is 0.743. The van der Waals surface area contributed by atoms with Gasteiger partial charge in [-0.05, 0) is 50.3 Å². The van der Waals surface area contributed by atoms with Crippen molar-refractivity contribution in [3.05, 3.63) is 34.3 Å². The Bertz CT molecular complexity index is 860. The van der Waals surface area contributed by atoms with Crippen LogP contribution in [0.1, 0.15) is 38.2 Å². The molecule has 3 rings (SSSR count). The van der Waals surface area contributed by atoms with Gasteiger partial charge >= 0.3 is 5.97 Å². The van der Waals surface area contributed by atoms with Gasteiger partial charge in [0.25, 0.3) is 0 Å². The Kier molecular flexibility index (Phi) is 7.92. The first-order valence-electron chi connectivity index (χ1n) is 10.5. The predicted molar refractivity (Wildman–Crippen MR) is 117 cm³/mol. The lowest BCUT2D eigenvalue weighted by molar-refractivity contribution is -0.152. The summed E-state index contributed by atoms with van der Waals surface area (Å²) in [5, 5.41) is 0. The van der Waals surface area contributed by atoms with Crippen LogP contribution in [0.25, 0.3) is 0 Å². The van der Waals surface area contributed by atoms with E-state index in [1.54, 1.807) is 13.0 Å². The Morgan fingerprint density at radius 2 is 1.70 bits per heavy atom. The van der Waals surface area contributed by atoms with E-state index in [2.05, 4.69) is 15.9 Å². The normalized spacial score (nSPS) is 19.6. The van der Waals surface area contributed by atoms with Crippen LogP contribution in [0.15, 0.2) is 28.7 Å². The zero-order chi connectivity index (χ0) is 21.7. The number of amides is 1. The number of ether oxygens (including phenoxy) is 1. The van der Waals surface area contributed by atoms with Crippen LogP contribution in [0.3, 0.4) is 0 Å². The summed E-state index contributed by atoms with van der Waals surface area (Å²) in [7, 11) is -3.41. The van der Waals surface area contributed by atoms with Crippen LogP contribution < -0.4 is 0 Å². The molecule has 0 aliphatic carbocycles. The summed E-state index contributed by atoms with van der Waals surface area (Å²) in [5.74, 6) is -0.401. The number of carbonyl (C=O) groups is 2. The number of likely N-dealkylation sites (tertiary alicyclic amines) is 1. The number of rotatable bonds is 6. The quantitative estimate of drug-likeness (QED) is 0.560. The van der Waals surface area contributed by atoms with E-state index < -0.39 is 10.0 Å². The van der Waals surface area contributed by atoms with Crippen molar-refractivity contribution in [1.82, 2.24) is 9.21 Å². The van der Waals surface area contributed by atoms with Gasteiger partial charge in [0.15, 0.2) is 0 Å². The Balaban J connectivity index is 1.49. The molecule has 2 fully saturated rings. The fourth-order valence-corrected chi connectivity index (χ4v) is 6.16. The molecule has 7 nitrogen and oxygen atoms in total. The molecule has 2 aliphatic rings. The van der Waals surface area contributed by atoms with Crippen LogP contribution in [0, 0.1) is 11.8 Å². The highest BCUT2D eigenvalue weighted by Crippen LogP contribution is 2.26. The van der Waals surface area contributed by atoms with Crippen molar-refractivity contribution in [2.24, 2.45) is 11.8 Å². The maximum Gasteiger partial charge on any atom is 0.309 e.